The van der Waals surface area contributed by atoms with Crippen molar-refractivity contribution in [1.29, 1.82) is 5.26 Å². The number of ether oxygens (including phenoxy) is 2. The van der Waals surface area contributed by atoms with Crippen LogP contribution >= 0.6 is 11.6 Å². The molecule has 10 heteroatoms. The fourth-order valence-electron chi connectivity index (χ4n) is 7.12. The molecular formula is C31H40ClN5O4. The molecule has 2 aromatic rings. The minimum Gasteiger partial charge on any atom is -0.489 e. The van der Waals surface area contributed by atoms with Gasteiger partial charge >= 0.3 is 0 Å². The Morgan fingerprint density at radius 1 is 1.10 bits per heavy atom. The number of aromatic nitrogens is 2. The average Bonchev–Trinajstić information content (AvgIpc) is 2.95. The Hall–Kier alpha value is -2.93. The molecule has 0 radical (unpaired) electrons. The number of rotatable bonds is 7. The molecule has 220 valence electrons. The number of nitrogens with zero attached hydrogens (tertiary/aromatic N) is 4. The van der Waals surface area contributed by atoms with Crippen molar-refractivity contribution < 1.29 is 19.4 Å². The number of nitrogens with one attached hydrogen (secondary N) is 1. The molecule has 41 heavy (non-hydrogen) atoms. The van der Waals surface area contributed by atoms with E-state index in [1.54, 1.807) is 30.6 Å². The number of aliphatic hydroxyl groups is 1. The van der Waals surface area contributed by atoms with Gasteiger partial charge in [0.1, 0.15) is 17.9 Å². The van der Waals surface area contributed by atoms with E-state index in [9.17, 15) is 9.90 Å². The summed E-state index contributed by atoms with van der Waals surface area (Å²) in [6, 6.07) is 6.97. The van der Waals surface area contributed by atoms with Gasteiger partial charge in [0.25, 0.3) is 5.91 Å². The van der Waals surface area contributed by atoms with Crippen molar-refractivity contribution in [2.45, 2.75) is 96.7 Å². The molecule has 1 amide bonds. The van der Waals surface area contributed by atoms with Crippen molar-refractivity contribution in [3.8, 4) is 11.8 Å². The lowest BCUT2D eigenvalue weighted by molar-refractivity contribution is -0.164. The first-order valence-corrected chi connectivity index (χ1v) is 14.9. The second-order valence-corrected chi connectivity index (χ2v) is 13.2. The van der Waals surface area contributed by atoms with Gasteiger partial charge in [-0.1, -0.05) is 39.3 Å². The van der Waals surface area contributed by atoms with E-state index in [1.807, 2.05) is 0 Å². The van der Waals surface area contributed by atoms with Crippen LogP contribution in [0.4, 0.5) is 5.95 Å². The van der Waals surface area contributed by atoms with Crippen molar-refractivity contribution in [1.82, 2.24) is 15.3 Å². The van der Waals surface area contributed by atoms with Crippen molar-refractivity contribution in [3.63, 3.8) is 0 Å². The number of halogens is 1. The summed E-state index contributed by atoms with van der Waals surface area (Å²) in [7, 11) is 0. The van der Waals surface area contributed by atoms with Crippen LogP contribution in [0, 0.1) is 22.2 Å². The zero-order valence-electron chi connectivity index (χ0n) is 24.3. The van der Waals surface area contributed by atoms with Crippen LogP contribution in [0.5, 0.6) is 5.75 Å². The van der Waals surface area contributed by atoms with Crippen LogP contribution in [0.25, 0.3) is 0 Å². The van der Waals surface area contributed by atoms with Crippen LogP contribution in [0.3, 0.4) is 0 Å². The highest BCUT2D eigenvalue weighted by Crippen LogP contribution is 2.55. The summed E-state index contributed by atoms with van der Waals surface area (Å²) in [5, 5.41) is 22.6. The largest absolute Gasteiger partial charge is 0.489 e. The van der Waals surface area contributed by atoms with Gasteiger partial charge in [0.15, 0.2) is 0 Å². The Labute approximate surface area is 247 Å². The first kappa shape index (κ1) is 29.6. The molecule has 0 bridgehead atoms. The third-order valence-corrected chi connectivity index (χ3v) is 9.35. The van der Waals surface area contributed by atoms with E-state index in [2.05, 4.69) is 53.9 Å². The molecule has 9 nitrogen and oxygen atoms in total. The zero-order valence-corrected chi connectivity index (χ0v) is 25.0. The van der Waals surface area contributed by atoms with Crippen LogP contribution in [0.2, 0.25) is 5.02 Å². The van der Waals surface area contributed by atoms with Crippen LogP contribution in [0.1, 0.15) is 82.1 Å². The predicted molar refractivity (Wildman–Crippen MR) is 156 cm³/mol. The van der Waals surface area contributed by atoms with E-state index in [0.717, 1.165) is 51.6 Å². The highest BCUT2D eigenvalue weighted by atomic mass is 35.5. The second kappa shape index (κ2) is 11.7. The van der Waals surface area contributed by atoms with Crippen molar-refractivity contribution in [2.24, 2.45) is 10.8 Å². The molecule has 5 rings (SSSR count). The molecule has 3 aliphatic rings. The Morgan fingerprint density at radius 3 is 2.39 bits per heavy atom. The monoisotopic (exact) mass is 581 g/mol. The highest BCUT2D eigenvalue weighted by Gasteiger charge is 2.64. The van der Waals surface area contributed by atoms with E-state index in [1.165, 1.54) is 0 Å². The molecular weight excluding hydrogens is 542 g/mol. The number of carbonyl (C=O) groups excluding carboxylic acids is 1. The lowest BCUT2D eigenvalue weighted by Gasteiger charge is -2.63. The minimum atomic E-state index is -0.359. The van der Waals surface area contributed by atoms with Crippen LogP contribution in [-0.4, -0.2) is 64.5 Å². The van der Waals surface area contributed by atoms with Gasteiger partial charge in [0.05, 0.1) is 34.5 Å². The molecule has 0 spiro atoms. The summed E-state index contributed by atoms with van der Waals surface area (Å²) in [5.74, 6) is 0.994. The molecule has 1 saturated heterocycles. The first-order valence-electron chi connectivity index (χ1n) is 14.6. The quantitative estimate of drug-likeness (QED) is 0.473. The molecule has 2 aliphatic carbocycles. The Bertz CT molecular complexity index is 1270. The summed E-state index contributed by atoms with van der Waals surface area (Å²) >= 11 is 6.20. The maximum absolute atomic E-state index is 13.2. The highest BCUT2D eigenvalue weighted by molar-refractivity contribution is 6.31. The topological polar surface area (TPSA) is 121 Å². The number of nitriles is 1. The predicted octanol–water partition coefficient (Wildman–Crippen LogP) is 4.90. The fourth-order valence-corrected chi connectivity index (χ4v) is 7.33. The minimum absolute atomic E-state index is 0.148. The van der Waals surface area contributed by atoms with Crippen LogP contribution in [0.15, 0.2) is 30.6 Å². The zero-order chi connectivity index (χ0) is 29.4. The van der Waals surface area contributed by atoms with Crippen LogP contribution in [-0.2, 0) is 4.74 Å². The van der Waals surface area contributed by atoms with Gasteiger partial charge in [-0.05, 0) is 50.7 Å². The summed E-state index contributed by atoms with van der Waals surface area (Å²) in [6.07, 6.45) is 8.57. The molecule has 2 heterocycles. The number of amides is 1. The number of anilines is 1. The molecule has 1 aliphatic heterocycles. The third kappa shape index (κ3) is 6.15. The van der Waals surface area contributed by atoms with Gasteiger partial charge in [-0.2, -0.15) is 5.26 Å². The molecule has 0 unspecified atom stereocenters. The number of hydrogen-bond donors (Lipinski definition) is 2. The molecule has 2 saturated carbocycles. The van der Waals surface area contributed by atoms with E-state index in [-0.39, 0.29) is 47.2 Å². The lowest BCUT2D eigenvalue weighted by atomic mass is 9.49. The Balaban J connectivity index is 1.14. The normalized spacial score (nSPS) is 27.4. The molecule has 1 aromatic heterocycles. The van der Waals surface area contributed by atoms with Gasteiger partial charge in [-0.25, -0.2) is 9.97 Å². The van der Waals surface area contributed by atoms with E-state index < -0.39 is 0 Å². The fraction of sp³-hybridized carbons (Fsp3) is 0.613. The van der Waals surface area contributed by atoms with E-state index >= 15 is 0 Å². The van der Waals surface area contributed by atoms with Gasteiger partial charge in [0, 0.05) is 48.4 Å². The lowest BCUT2D eigenvalue weighted by Crippen LogP contribution is -2.74. The number of piperidine rings is 1. The van der Waals surface area contributed by atoms with Crippen LogP contribution < -0.4 is 15.0 Å². The third-order valence-electron chi connectivity index (χ3n) is 9.04. The van der Waals surface area contributed by atoms with E-state index in [0.29, 0.717) is 27.8 Å². The van der Waals surface area contributed by atoms with Crippen molar-refractivity contribution in [3.05, 3.63) is 46.7 Å². The molecule has 3 fully saturated rings. The smallest absolute Gasteiger partial charge is 0.254 e. The van der Waals surface area contributed by atoms with Gasteiger partial charge in [-0.3, -0.25) is 4.79 Å². The summed E-state index contributed by atoms with van der Waals surface area (Å²) in [6.45, 7) is 9.87. The van der Waals surface area contributed by atoms with Gasteiger partial charge in [0.2, 0.25) is 5.95 Å². The number of aliphatic hydroxyl groups excluding tert-OH is 1. The summed E-state index contributed by atoms with van der Waals surface area (Å²) < 4.78 is 12.6. The number of carbonyl (C=O) groups is 1. The number of benzene rings is 1. The van der Waals surface area contributed by atoms with Gasteiger partial charge in [-0.15, -0.1) is 0 Å². The maximum Gasteiger partial charge on any atom is 0.254 e. The van der Waals surface area contributed by atoms with Gasteiger partial charge < -0.3 is 24.8 Å². The standard InChI is InChI=1S/C31H40ClN5O4/c1-30(2)27(31(3,4)28(30)41-24-9-8-19(16-33)25(32)15-24)36-26(39)20-17-34-29(35-18-20)37-12-10-22(11-13-37)40-23-7-5-6-21(38)14-23/h8-9,15,17-18,21-23,27-28,38H,5-7,10-14H2,1-4H3,(H,36,39)/t21-,23-,27?,28?/m1/s1. The Kier molecular flexibility index (Phi) is 8.47. The first-order chi connectivity index (χ1) is 19.5. The summed E-state index contributed by atoms with van der Waals surface area (Å²) in [4.78, 5) is 24.4. The Morgan fingerprint density at radius 2 is 1.78 bits per heavy atom. The van der Waals surface area contributed by atoms with Crippen molar-refractivity contribution in [2.75, 3.05) is 18.0 Å². The SMILES string of the molecule is CC1(C)C(NC(=O)c2cnc(N3CCC(O[C@@H]4CCC[C@@H](O)C4)CC3)nc2)C(C)(C)C1Oc1ccc(C#N)c(Cl)c1. The second-order valence-electron chi connectivity index (χ2n) is 12.8. The maximum atomic E-state index is 13.2. The van der Waals surface area contributed by atoms with Crippen molar-refractivity contribution >= 4 is 23.5 Å². The average molecular weight is 582 g/mol. The molecule has 2 N–H and O–H groups in total. The van der Waals surface area contributed by atoms with E-state index in [4.69, 9.17) is 26.3 Å². The molecule has 1 aromatic carbocycles. The molecule has 2 atom stereocenters. The number of hydrogen-bond acceptors (Lipinski definition) is 8. The summed E-state index contributed by atoms with van der Waals surface area (Å²) in [5.41, 5.74) is 0.0992.